The Kier molecular flexibility index (Phi) is 9.13. The van der Waals surface area contributed by atoms with Gasteiger partial charge in [0.25, 0.3) is 0 Å². The van der Waals surface area contributed by atoms with Gasteiger partial charge in [-0.2, -0.15) is 0 Å². The predicted molar refractivity (Wildman–Crippen MR) is 139 cm³/mol. The molecule has 3 nitrogen and oxygen atoms in total. The van der Waals surface area contributed by atoms with Crippen molar-refractivity contribution in [2.45, 2.75) is 78.6 Å². The van der Waals surface area contributed by atoms with Crippen molar-refractivity contribution in [3.05, 3.63) is 65.5 Å². The standard InChI is InChI=1S/C27H35N3.2ClH.Ni/c1-25(2,3)18-10-12-28-21(14-18)23-16-20(27(7,8)9)17-24(30-23)22-15-19(11-13-29-22)26(4,5)6;;;/h10-17H,1-9H3;2*1H;/q;;;+2/p-2. The van der Waals surface area contributed by atoms with Gasteiger partial charge in [-0.25, -0.2) is 4.98 Å². The van der Waals surface area contributed by atoms with Crippen LogP contribution in [0.2, 0.25) is 0 Å². The van der Waals surface area contributed by atoms with Crippen LogP contribution in [0.3, 0.4) is 0 Å². The summed E-state index contributed by atoms with van der Waals surface area (Å²) in [6, 6.07) is 12.9. The summed E-state index contributed by atoms with van der Waals surface area (Å²) in [5.74, 6) is 0. The van der Waals surface area contributed by atoms with Crippen LogP contribution in [-0.4, -0.2) is 15.0 Å². The summed E-state index contributed by atoms with van der Waals surface area (Å²) in [6.07, 6.45) is 3.78. The average molecular weight is 531 g/mol. The van der Waals surface area contributed by atoms with Crippen LogP contribution < -0.4 is 0 Å². The van der Waals surface area contributed by atoms with Crippen molar-refractivity contribution in [3.63, 3.8) is 0 Å². The van der Waals surface area contributed by atoms with Crippen molar-refractivity contribution in [1.29, 1.82) is 0 Å². The minimum atomic E-state index is -0.00425. The molecule has 0 aliphatic carbocycles. The molecule has 33 heavy (non-hydrogen) atoms. The summed E-state index contributed by atoms with van der Waals surface area (Å²) in [4.78, 5) is 14.3. The normalized spacial score (nSPS) is 12.3. The van der Waals surface area contributed by atoms with Crippen molar-refractivity contribution >= 4 is 20.4 Å². The van der Waals surface area contributed by atoms with E-state index in [1.165, 1.54) is 16.7 Å². The minimum absolute atomic E-state index is 0.00425. The second-order valence-electron chi connectivity index (χ2n) is 11.3. The zero-order valence-corrected chi connectivity index (χ0v) is 23.5. The molecule has 0 saturated carbocycles. The SMILES string of the molecule is CC(C)(C)c1ccnc(-c2cc(C(C)(C)C)cc(-c3cc(C(C)(C)C)ccn3)n2)c1.[Cl][Ni][Cl]. The Morgan fingerprint density at radius 1 is 0.545 bits per heavy atom. The van der Waals surface area contributed by atoms with Gasteiger partial charge in [-0.15, -0.1) is 0 Å². The molecule has 0 aliphatic heterocycles. The summed E-state index contributed by atoms with van der Waals surface area (Å²) in [6.45, 7) is 20.0. The van der Waals surface area contributed by atoms with E-state index in [1.807, 2.05) is 12.4 Å². The molecule has 0 N–H and O–H groups in total. The number of hydrogen-bond donors (Lipinski definition) is 0. The Morgan fingerprint density at radius 3 is 1.15 bits per heavy atom. The summed E-state index contributed by atoms with van der Waals surface area (Å²) < 4.78 is 0. The molecule has 0 aliphatic rings. The summed E-state index contributed by atoms with van der Waals surface area (Å²) in [5.41, 5.74) is 7.45. The van der Waals surface area contributed by atoms with Gasteiger partial charge in [0.2, 0.25) is 0 Å². The molecule has 0 atom stereocenters. The van der Waals surface area contributed by atoms with Gasteiger partial charge < -0.3 is 0 Å². The number of nitrogens with zero attached hydrogens (tertiary/aromatic N) is 3. The van der Waals surface area contributed by atoms with Gasteiger partial charge in [0, 0.05) is 12.4 Å². The van der Waals surface area contributed by atoms with Crippen LogP contribution in [0.4, 0.5) is 0 Å². The molecule has 0 fully saturated rings. The Labute approximate surface area is 214 Å². The fraction of sp³-hybridized carbons (Fsp3) is 0.444. The van der Waals surface area contributed by atoms with Crippen molar-refractivity contribution < 1.29 is 12.7 Å². The number of halogens is 2. The molecule has 0 amide bonds. The van der Waals surface area contributed by atoms with Crippen LogP contribution >= 0.6 is 20.4 Å². The maximum atomic E-state index is 5.01. The zero-order valence-electron chi connectivity index (χ0n) is 21.0. The number of pyridine rings is 3. The van der Waals surface area contributed by atoms with Gasteiger partial charge in [-0.05, 0) is 69.3 Å². The third kappa shape index (κ3) is 7.77. The monoisotopic (exact) mass is 529 g/mol. The van der Waals surface area contributed by atoms with Gasteiger partial charge in [0.05, 0.1) is 22.8 Å². The van der Waals surface area contributed by atoms with Crippen LogP contribution in [0.1, 0.15) is 79.0 Å². The molecule has 0 radical (unpaired) electrons. The van der Waals surface area contributed by atoms with Crippen LogP contribution in [0.5, 0.6) is 0 Å². The number of aromatic nitrogens is 3. The van der Waals surface area contributed by atoms with Crippen LogP contribution in [0, 0.1) is 0 Å². The van der Waals surface area contributed by atoms with E-state index in [9.17, 15) is 0 Å². The zero-order chi connectivity index (χ0) is 25.0. The van der Waals surface area contributed by atoms with Gasteiger partial charge in [0.15, 0.2) is 0 Å². The first-order valence-electron chi connectivity index (χ1n) is 11.0. The first kappa shape index (κ1) is 27.8. The quantitative estimate of drug-likeness (QED) is 0.312. The van der Waals surface area contributed by atoms with E-state index >= 15 is 0 Å². The third-order valence-corrected chi connectivity index (χ3v) is 5.47. The molecule has 182 valence electrons. The maximum absolute atomic E-state index is 5.01. The molecule has 3 heterocycles. The first-order valence-corrected chi connectivity index (χ1v) is 13.7. The summed E-state index contributed by atoms with van der Waals surface area (Å²) >= 11 is 0.569. The van der Waals surface area contributed by atoms with Crippen LogP contribution in [0.15, 0.2) is 48.8 Å². The molecule has 3 aromatic heterocycles. The molecule has 3 rings (SSSR count). The fourth-order valence-electron chi connectivity index (χ4n) is 3.30. The molecule has 0 unspecified atom stereocenters. The first-order chi connectivity index (χ1) is 15.2. The van der Waals surface area contributed by atoms with Crippen molar-refractivity contribution in [1.82, 2.24) is 15.0 Å². The molecule has 0 aromatic carbocycles. The molecular weight excluding hydrogens is 496 g/mol. The third-order valence-electron chi connectivity index (χ3n) is 5.47. The Hall–Kier alpha value is -1.48. The second kappa shape index (κ2) is 10.8. The Balaban J connectivity index is 0.00000122. The van der Waals surface area contributed by atoms with Crippen molar-refractivity contribution in [3.8, 4) is 22.8 Å². The summed E-state index contributed by atoms with van der Waals surface area (Å²) in [5, 5.41) is 0. The Morgan fingerprint density at radius 2 is 0.848 bits per heavy atom. The van der Waals surface area contributed by atoms with E-state index in [-0.39, 0.29) is 16.2 Å². The molecule has 0 spiro atoms. The number of hydrogen-bond acceptors (Lipinski definition) is 3. The van der Waals surface area contributed by atoms with Gasteiger partial charge >= 0.3 is 33.0 Å². The van der Waals surface area contributed by atoms with Gasteiger partial charge in [-0.3, -0.25) is 9.97 Å². The van der Waals surface area contributed by atoms with Crippen molar-refractivity contribution in [2.24, 2.45) is 0 Å². The fourth-order valence-corrected chi connectivity index (χ4v) is 3.30. The average Bonchev–Trinajstić information content (AvgIpc) is 2.72. The molecule has 6 heteroatoms. The molecule has 3 aromatic rings. The predicted octanol–water partition coefficient (Wildman–Crippen LogP) is 8.47. The van der Waals surface area contributed by atoms with Gasteiger partial charge in [0.1, 0.15) is 0 Å². The van der Waals surface area contributed by atoms with E-state index in [0.29, 0.717) is 12.7 Å². The second-order valence-corrected chi connectivity index (χ2v) is 12.9. The Bertz CT molecular complexity index is 1000. The van der Waals surface area contributed by atoms with E-state index in [1.54, 1.807) is 0 Å². The molecule has 0 saturated heterocycles. The number of rotatable bonds is 2. The van der Waals surface area contributed by atoms with E-state index < -0.39 is 0 Å². The van der Waals surface area contributed by atoms with Crippen molar-refractivity contribution in [2.75, 3.05) is 0 Å². The van der Waals surface area contributed by atoms with E-state index in [4.69, 9.17) is 25.4 Å². The van der Waals surface area contributed by atoms with Gasteiger partial charge in [-0.1, -0.05) is 62.3 Å². The van der Waals surface area contributed by atoms with Crippen LogP contribution in [-0.2, 0) is 28.9 Å². The molecule has 0 bridgehead atoms. The topological polar surface area (TPSA) is 38.7 Å². The summed E-state index contributed by atoms with van der Waals surface area (Å²) in [7, 11) is 9.40. The van der Waals surface area contributed by atoms with E-state index in [0.717, 1.165) is 22.8 Å². The van der Waals surface area contributed by atoms with E-state index in [2.05, 4.69) is 109 Å². The van der Waals surface area contributed by atoms with Crippen LogP contribution in [0.25, 0.3) is 22.8 Å². The molecular formula is C27H35Cl2N3Ni.